The number of sulfonamides is 1. The Bertz CT molecular complexity index is 1110. The minimum Gasteiger partial charge on any atom is -0.306 e. The van der Waals surface area contributed by atoms with Crippen LogP contribution in [0.5, 0.6) is 0 Å². The molecular formula is C17H17N3O4S2. The summed E-state index contributed by atoms with van der Waals surface area (Å²) in [6, 6.07) is 12.8. The lowest BCUT2D eigenvalue weighted by molar-refractivity contribution is 0.574. The Labute approximate surface area is 152 Å². The monoisotopic (exact) mass is 391 g/mol. The zero-order valence-electron chi connectivity index (χ0n) is 13.9. The van der Waals surface area contributed by atoms with Crippen molar-refractivity contribution in [1.82, 2.24) is 14.3 Å². The quantitative estimate of drug-likeness (QED) is 0.690. The van der Waals surface area contributed by atoms with E-state index in [0.717, 1.165) is 17.5 Å². The highest BCUT2D eigenvalue weighted by Gasteiger charge is 2.23. The zero-order chi connectivity index (χ0) is 18.8. The third-order valence-electron chi connectivity index (χ3n) is 3.74. The van der Waals surface area contributed by atoms with Gasteiger partial charge >= 0.3 is 0 Å². The maximum absolute atomic E-state index is 12.5. The summed E-state index contributed by atoms with van der Waals surface area (Å²) in [7, 11) is -7.63. The van der Waals surface area contributed by atoms with Crippen LogP contribution in [0.4, 0.5) is 0 Å². The maximum Gasteiger partial charge on any atom is 0.242 e. The Morgan fingerprint density at radius 1 is 0.962 bits per heavy atom. The van der Waals surface area contributed by atoms with Gasteiger partial charge in [0.2, 0.25) is 10.0 Å². The van der Waals surface area contributed by atoms with Crippen molar-refractivity contribution >= 4 is 19.9 Å². The van der Waals surface area contributed by atoms with E-state index in [4.69, 9.17) is 0 Å². The fourth-order valence-corrected chi connectivity index (χ4v) is 5.08. The van der Waals surface area contributed by atoms with Crippen molar-refractivity contribution < 1.29 is 16.8 Å². The van der Waals surface area contributed by atoms with Gasteiger partial charge in [-0.25, -0.2) is 26.5 Å². The summed E-state index contributed by atoms with van der Waals surface area (Å²) in [5.41, 5.74) is 1.64. The van der Waals surface area contributed by atoms with Gasteiger partial charge < -0.3 is 4.57 Å². The number of hydrogen-bond acceptors (Lipinski definition) is 5. The van der Waals surface area contributed by atoms with Gasteiger partial charge in [0, 0.05) is 30.9 Å². The van der Waals surface area contributed by atoms with Gasteiger partial charge in [0.05, 0.1) is 11.2 Å². The van der Waals surface area contributed by atoms with Crippen LogP contribution >= 0.6 is 0 Å². The first kappa shape index (κ1) is 18.3. The smallest absolute Gasteiger partial charge is 0.242 e. The van der Waals surface area contributed by atoms with Crippen molar-refractivity contribution in [3.63, 3.8) is 0 Å². The average Bonchev–Trinajstić information content (AvgIpc) is 3.14. The van der Waals surface area contributed by atoms with Crippen LogP contribution in [0, 0.1) is 0 Å². The molecule has 1 N–H and O–H groups in total. The molecule has 7 nitrogen and oxygen atoms in total. The van der Waals surface area contributed by atoms with E-state index in [0.29, 0.717) is 0 Å². The Balaban J connectivity index is 1.79. The summed E-state index contributed by atoms with van der Waals surface area (Å²) in [5.74, 6) is 0. The number of aromatic nitrogens is 2. The molecule has 0 saturated heterocycles. The number of sulfone groups is 1. The lowest BCUT2D eigenvalue weighted by atomic mass is 10.2. The van der Waals surface area contributed by atoms with Gasteiger partial charge in [-0.1, -0.05) is 24.3 Å². The van der Waals surface area contributed by atoms with Crippen LogP contribution in [-0.2, 0) is 26.4 Å². The van der Waals surface area contributed by atoms with Gasteiger partial charge in [-0.15, -0.1) is 0 Å². The van der Waals surface area contributed by atoms with Crippen LogP contribution < -0.4 is 4.72 Å². The minimum atomic E-state index is -3.97. The molecule has 0 amide bonds. The molecule has 2 aromatic carbocycles. The molecule has 0 saturated carbocycles. The fraction of sp³-hybridized carbons (Fsp3) is 0.118. The molecule has 0 atom stereocenters. The summed E-state index contributed by atoms with van der Waals surface area (Å²) < 4.78 is 53.0. The SMILES string of the molecule is CS(=O)(=O)c1ccccc1S(=O)(=O)NCc1ccc(-n2ccnc2)cc1. The molecule has 0 radical (unpaired) electrons. The third-order valence-corrected chi connectivity index (χ3v) is 6.49. The largest absolute Gasteiger partial charge is 0.306 e. The normalized spacial score (nSPS) is 12.2. The van der Waals surface area contributed by atoms with E-state index in [1.54, 1.807) is 30.9 Å². The number of rotatable bonds is 6. The molecule has 26 heavy (non-hydrogen) atoms. The predicted molar refractivity (Wildman–Crippen MR) is 97.1 cm³/mol. The van der Waals surface area contributed by atoms with Crippen molar-refractivity contribution in [1.29, 1.82) is 0 Å². The second kappa shape index (κ2) is 7.02. The van der Waals surface area contributed by atoms with E-state index in [1.807, 2.05) is 16.7 Å². The summed E-state index contributed by atoms with van der Waals surface area (Å²) in [6.45, 7) is 0.0463. The van der Waals surface area contributed by atoms with Crippen molar-refractivity contribution in [2.24, 2.45) is 0 Å². The molecular weight excluding hydrogens is 374 g/mol. The van der Waals surface area contributed by atoms with E-state index in [1.165, 1.54) is 24.3 Å². The van der Waals surface area contributed by atoms with Crippen molar-refractivity contribution in [3.8, 4) is 5.69 Å². The molecule has 3 rings (SSSR count). The molecule has 0 fully saturated rings. The predicted octanol–water partition coefficient (Wildman–Crippen LogP) is 1.75. The van der Waals surface area contributed by atoms with Crippen molar-refractivity contribution in [3.05, 3.63) is 72.8 Å². The Morgan fingerprint density at radius 3 is 2.19 bits per heavy atom. The van der Waals surface area contributed by atoms with E-state index in [9.17, 15) is 16.8 Å². The molecule has 0 aliphatic rings. The highest BCUT2D eigenvalue weighted by Crippen LogP contribution is 2.20. The van der Waals surface area contributed by atoms with Crippen molar-refractivity contribution in [2.45, 2.75) is 16.3 Å². The fourth-order valence-electron chi connectivity index (χ4n) is 2.43. The molecule has 0 bridgehead atoms. The van der Waals surface area contributed by atoms with Crippen molar-refractivity contribution in [2.75, 3.05) is 6.26 Å². The van der Waals surface area contributed by atoms with E-state index in [-0.39, 0.29) is 16.3 Å². The Morgan fingerprint density at radius 2 is 1.62 bits per heavy atom. The summed E-state index contributed by atoms with van der Waals surface area (Å²) >= 11 is 0. The molecule has 9 heteroatoms. The molecule has 1 aromatic heterocycles. The molecule has 0 aliphatic heterocycles. The van der Waals surface area contributed by atoms with E-state index in [2.05, 4.69) is 9.71 Å². The molecule has 1 heterocycles. The standard InChI is InChI=1S/C17H17N3O4S2/c1-25(21,22)16-4-2-3-5-17(16)26(23,24)19-12-14-6-8-15(9-7-14)20-11-10-18-13-20/h2-11,13,19H,12H2,1H3. The van der Waals surface area contributed by atoms with Gasteiger partial charge in [-0.05, 0) is 29.8 Å². The first-order chi connectivity index (χ1) is 12.3. The van der Waals surface area contributed by atoms with E-state index < -0.39 is 19.9 Å². The highest BCUT2D eigenvalue weighted by molar-refractivity contribution is 7.93. The summed E-state index contributed by atoms with van der Waals surface area (Å²) in [4.78, 5) is 3.50. The second-order valence-electron chi connectivity index (χ2n) is 5.68. The minimum absolute atomic E-state index is 0.0463. The lowest BCUT2D eigenvalue weighted by Crippen LogP contribution is -2.25. The third kappa shape index (κ3) is 4.01. The van der Waals surface area contributed by atoms with E-state index >= 15 is 0 Å². The van der Waals surface area contributed by atoms with Gasteiger partial charge in [-0.2, -0.15) is 0 Å². The van der Waals surface area contributed by atoms with Gasteiger partial charge in [0.1, 0.15) is 4.90 Å². The van der Waals surface area contributed by atoms with Crippen LogP contribution in [0.2, 0.25) is 0 Å². The number of benzene rings is 2. The molecule has 0 aliphatic carbocycles. The lowest BCUT2D eigenvalue weighted by Gasteiger charge is -2.11. The maximum atomic E-state index is 12.5. The summed E-state index contributed by atoms with van der Waals surface area (Å²) in [6.07, 6.45) is 6.12. The second-order valence-corrected chi connectivity index (χ2v) is 9.40. The first-order valence-electron chi connectivity index (χ1n) is 7.63. The number of imidazole rings is 1. The van der Waals surface area contributed by atoms with Gasteiger partial charge in [0.15, 0.2) is 9.84 Å². The Hall–Kier alpha value is -2.49. The van der Waals surface area contributed by atoms with Crippen LogP contribution in [0.15, 0.2) is 77.0 Å². The highest BCUT2D eigenvalue weighted by atomic mass is 32.2. The molecule has 3 aromatic rings. The van der Waals surface area contributed by atoms with Crippen LogP contribution in [0.3, 0.4) is 0 Å². The molecule has 0 unspecified atom stereocenters. The van der Waals surface area contributed by atoms with Crippen LogP contribution in [-0.4, -0.2) is 32.6 Å². The van der Waals surface area contributed by atoms with Gasteiger partial charge in [0.25, 0.3) is 0 Å². The summed E-state index contributed by atoms with van der Waals surface area (Å²) in [5, 5.41) is 0. The average molecular weight is 391 g/mol. The number of nitrogens with one attached hydrogen (secondary N) is 1. The van der Waals surface area contributed by atoms with Crippen LogP contribution in [0.25, 0.3) is 5.69 Å². The topological polar surface area (TPSA) is 98.1 Å². The number of hydrogen-bond donors (Lipinski definition) is 1. The molecule has 136 valence electrons. The Kier molecular flexibility index (Phi) is 4.94. The van der Waals surface area contributed by atoms with Crippen LogP contribution in [0.1, 0.15) is 5.56 Å². The van der Waals surface area contributed by atoms with Gasteiger partial charge in [-0.3, -0.25) is 0 Å². The zero-order valence-corrected chi connectivity index (χ0v) is 15.5. The molecule has 0 spiro atoms. The number of nitrogens with zero attached hydrogens (tertiary/aromatic N) is 2. The first-order valence-corrected chi connectivity index (χ1v) is 11.0.